The topological polar surface area (TPSA) is 29.5 Å². The predicted molar refractivity (Wildman–Crippen MR) is 44.9 cm³/mol. The first-order valence-corrected chi connectivity index (χ1v) is 4.33. The highest BCUT2D eigenvalue weighted by Gasteiger charge is 2.12. The number of nitrogens with zero attached hydrogens (tertiary/aromatic N) is 1. The highest BCUT2D eigenvalue weighted by Crippen LogP contribution is 2.23. The van der Waals surface area contributed by atoms with Crippen LogP contribution in [0.1, 0.15) is 6.92 Å². The zero-order chi connectivity index (χ0) is 8.27. The molecule has 0 atom stereocenters. The van der Waals surface area contributed by atoms with E-state index in [4.69, 9.17) is 0 Å². The van der Waals surface area contributed by atoms with E-state index in [-0.39, 0.29) is 5.97 Å². The number of ether oxygens (including phenoxy) is 1. The van der Waals surface area contributed by atoms with Crippen LogP contribution in [0.2, 0.25) is 0 Å². The van der Waals surface area contributed by atoms with Crippen LogP contribution in [0, 0.1) is 0 Å². The summed E-state index contributed by atoms with van der Waals surface area (Å²) in [5.41, 5.74) is 0. The Morgan fingerprint density at radius 1 is 1.91 bits per heavy atom. The first kappa shape index (κ1) is 8.46. The molecule has 4 heteroatoms. The lowest BCUT2D eigenvalue weighted by Gasteiger charge is -2.11. The van der Waals surface area contributed by atoms with Gasteiger partial charge in [0, 0.05) is 6.20 Å². The molecule has 3 nitrogen and oxygen atoms in total. The lowest BCUT2D eigenvalue weighted by atomic mass is 10.5. The van der Waals surface area contributed by atoms with Crippen LogP contribution in [0.25, 0.3) is 0 Å². The molecule has 1 rings (SSSR count). The maximum atomic E-state index is 10.8. The summed E-state index contributed by atoms with van der Waals surface area (Å²) in [6, 6.07) is 0. The lowest BCUT2D eigenvalue weighted by molar-refractivity contribution is -0.141. The quantitative estimate of drug-likeness (QED) is 0.583. The molecule has 0 saturated carbocycles. The molecule has 0 radical (unpaired) electrons. The van der Waals surface area contributed by atoms with Gasteiger partial charge in [0.2, 0.25) is 0 Å². The van der Waals surface area contributed by atoms with Crippen LogP contribution in [-0.4, -0.2) is 30.4 Å². The Morgan fingerprint density at radius 3 is 3.09 bits per heavy atom. The Balaban J connectivity index is 2.34. The number of hydrogen-bond acceptors (Lipinski definition) is 4. The first-order valence-electron chi connectivity index (χ1n) is 3.34. The molecule has 0 spiro atoms. The van der Waals surface area contributed by atoms with E-state index in [9.17, 15) is 4.79 Å². The normalized spacial score (nSPS) is 16.5. The average Bonchev–Trinajstić information content (AvgIpc) is 2.35. The SMILES string of the molecule is COC(=O)CN1C=C(C)SC1. The van der Waals surface area contributed by atoms with Gasteiger partial charge in [-0.05, 0) is 11.8 Å². The van der Waals surface area contributed by atoms with E-state index in [2.05, 4.69) is 4.74 Å². The van der Waals surface area contributed by atoms with E-state index >= 15 is 0 Å². The maximum absolute atomic E-state index is 10.8. The molecule has 0 unspecified atom stereocenters. The van der Waals surface area contributed by atoms with Crippen molar-refractivity contribution in [2.75, 3.05) is 19.5 Å². The Bertz CT molecular complexity index is 191. The summed E-state index contributed by atoms with van der Waals surface area (Å²) in [5, 5.41) is 0. The summed E-state index contributed by atoms with van der Waals surface area (Å²) < 4.78 is 4.53. The van der Waals surface area contributed by atoms with Crippen LogP contribution in [0.4, 0.5) is 0 Å². The zero-order valence-electron chi connectivity index (χ0n) is 6.66. The van der Waals surface area contributed by atoms with Crippen molar-refractivity contribution in [3.63, 3.8) is 0 Å². The second-order valence-electron chi connectivity index (χ2n) is 2.34. The first-order chi connectivity index (χ1) is 5.22. The number of hydrogen-bond donors (Lipinski definition) is 0. The minimum atomic E-state index is -0.184. The number of carbonyl (C=O) groups is 1. The zero-order valence-corrected chi connectivity index (χ0v) is 7.48. The van der Waals surface area contributed by atoms with E-state index in [1.807, 2.05) is 18.0 Å². The van der Waals surface area contributed by atoms with Crippen LogP contribution < -0.4 is 0 Å². The highest BCUT2D eigenvalue weighted by molar-refractivity contribution is 8.03. The third-order valence-corrected chi connectivity index (χ3v) is 2.40. The fourth-order valence-corrected chi connectivity index (χ4v) is 1.60. The van der Waals surface area contributed by atoms with Gasteiger partial charge in [-0.15, -0.1) is 11.8 Å². The number of rotatable bonds is 2. The Kier molecular flexibility index (Phi) is 2.82. The fourth-order valence-electron chi connectivity index (χ4n) is 0.838. The van der Waals surface area contributed by atoms with Gasteiger partial charge in [0.1, 0.15) is 6.54 Å². The molecule has 0 N–H and O–H groups in total. The van der Waals surface area contributed by atoms with Gasteiger partial charge >= 0.3 is 5.97 Å². The van der Waals surface area contributed by atoms with Crippen LogP contribution >= 0.6 is 11.8 Å². The third kappa shape index (κ3) is 2.46. The molecule has 1 aliphatic heterocycles. The molecule has 0 aromatic heterocycles. The van der Waals surface area contributed by atoms with E-state index < -0.39 is 0 Å². The molecular formula is C7H11NO2S. The standard InChI is InChI=1S/C7H11NO2S/c1-6-3-8(5-11-6)4-7(9)10-2/h3H,4-5H2,1-2H3. The van der Waals surface area contributed by atoms with Crippen LogP contribution in [-0.2, 0) is 9.53 Å². The van der Waals surface area contributed by atoms with Crippen molar-refractivity contribution in [2.45, 2.75) is 6.92 Å². The molecule has 0 bridgehead atoms. The molecule has 0 aliphatic carbocycles. The van der Waals surface area contributed by atoms with Gasteiger partial charge in [-0.1, -0.05) is 0 Å². The minimum Gasteiger partial charge on any atom is -0.468 e. The number of allylic oxidation sites excluding steroid dienone is 1. The van der Waals surface area contributed by atoms with Crippen LogP contribution in [0.15, 0.2) is 11.1 Å². The minimum absolute atomic E-state index is 0.184. The molecule has 0 aromatic rings. The highest BCUT2D eigenvalue weighted by atomic mass is 32.2. The monoisotopic (exact) mass is 173 g/mol. The van der Waals surface area contributed by atoms with Crippen molar-refractivity contribution in [3.8, 4) is 0 Å². The van der Waals surface area contributed by atoms with Gasteiger partial charge in [0.05, 0.1) is 13.0 Å². The second kappa shape index (κ2) is 3.67. The smallest absolute Gasteiger partial charge is 0.325 e. The van der Waals surface area contributed by atoms with E-state index in [0.29, 0.717) is 6.54 Å². The Labute approximate surface area is 70.4 Å². The molecule has 0 amide bonds. The van der Waals surface area contributed by atoms with Gasteiger partial charge in [-0.25, -0.2) is 0 Å². The van der Waals surface area contributed by atoms with E-state index in [0.717, 1.165) is 5.88 Å². The van der Waals surface area contributed by atoms with E-state index in [1.54, 1.807) is 11.8 Å². The van der Waals surface area contributed by atoms with E-state index in [1.165, 1.54) is 12.0 Å². The third-order valence-electron chi connectivity index (χ3n) is 1.38. The van der Waals surface area contributed by atoms with Crippen molar-refractivity contribution >= 4 is 17.7 Å². The van der Waals surface area contributed by atoms with Crippen molar-refractivity contribution in [2.24, 2.45) is 0 Å². The van der Waals surface area contributed by atoms with Gasteiger partial charge in [0.15, 0.2) is 0 Å². The van der Waals surface area contributed by atoms with Crippen molar-refractivity contribution in [1.82, 2.24) is 4.90 Å². The number of esters is 1. The predicted octanol–water partition coefficient (Wildman–Crippen LogP) is 1.03. The lowest BCUT2D eigenvalue weighted by Crippen LogP contribution is -2.23. The van der Waals surface area contributed by atoms with Crippen molar-refractivity contribution in [3.05, 3.63) is 11.1 Å². The summed E-state index contributed by atoms with van der Waals surface area (Å²) in [7, 11) is 1.40. The molecule has 62 valence electrons. The number of carbonyl (C=O) groups excluding carboxylic acids is 1. The Morgan fingerprint density at radius 2 is 2.64 bits per heavy atom. The average molecular weight is 173 g/mol. The molecule has 11 heavy (non-hydrogen) atoms. The summed E-state index contributed by atoms with van der Waals surface area (Å²) in [6.07, 6.45) is 1.97. The maximum Gasteiger partial charge on any atom is 0.325 e. The largest absolute Gasteiger partial charge is 0.468 e. The molecule has 0 aromatic carbocycles. The summed E-state index contributed by atoms with van der Waals surface area (Å²) in [6.45, 7) is 2.39. The molecule has 0 saturated heterocycles. The van der Waals surface area contributed by atoms with Gasteiger partial charge in [-0.2, -0.15) is 0 Å². The Hall–Kier alpha value is -0.640. The molecule has 1 heterocycles. The fraction of sp³-hybridized carbons (Fsp3) is 0.571. The number of thioether (sulfide) groups is 1. The summed E-state index contributed by atoms with van der Waals surface area (Å²) in [4.78, 5) is 14.0. The van der Waals surface area contributed by atoms with Crippen LogP contribution in [0.5, 0.6) is 0 Å². The van der Waals surface area contributed by atoms with Gasteiger partial charge < -0.3 is 9.64 Å². The summed E-state index contributed by atoms with van der Waals surface area (Å²) >= 11 is 1.74. The molecular weight excluding hydrogens is 162 g/mol. The van der Waals surface area contributed by atoms with Crippen molar-refractivity contribution < 1.29 is 9.53 Å². The van der Waals surface area contributed by atoms with Gasteiger partial charge in [-0.3, -0.25) is 4.79 Å². The van der Waals surface area contributed by atoms with Crippen molar-refractivity contribution in [1.29, 1.82) is 0 Å². The van der Waals surface area contributed by atoms with Gasteiger partial charge in [0.25, 0.3) is 0 Å². The second-order valence-corrected chi connectivity index (χ2v) is 3.53. The summed E-state index contributed by atoms with van der Waals surface area (Å²) in [5.74, 6) is 0.678. The molecule has 0 fully saturated rings. The van der Waals surface area contributed by atoms with Crippen LogP contribution in [0.3, 0.4) is 0 Å². The number of methoxy groups -OCH3 is 1. The molecule has 1 aliphatic rings.